The fourth-order valence-electron chi connectivity index (χ4n) is 3.90. The van der Waals surface area contributed by atoms with Crippen LogP contribution in [0.15, 0.2) is 107 Å². The molecule has 1 aliphatic rings. The molecule has 0 bridgehead atoms. The second-order valence-electron chi connectivity index (χ2n) is 8.08. The Hall–Kier alpha value is -3.82. The van der Waals surface area contributed by atoms with Crippen LogP contribution in [-0.4, -0.2) is 10.8 Å². The molecule has 0 aliphatic carbocycles. The van der Waals surface area contributed by atoms with E-state index in [0.717, 1.165) is 28.1 Å². The second kappa shape index (κ2) is 8.97. The molecular formula is C29H22ClNO2. The van der Waals surface area contributed by atoms with E-state index in [0.29, 0.717) is 22.9 Å². The maximum absolute atomic E-state index is 13.4. The van der Waals surface area contributed by atoms with Crippen molar-refractivity contribution in [3.63, 3.8) is 0 Å². The van der Waals surface area contributed by atoms with Gasteiger partial charge in [-0.2, -0.15) is 0 Å². The molecule has 1 amide bonds. The van der Waals surface area contributed by atoms with E-state index in [2.05, 4.69) is 31.2 Å². The smallest absolute Gasteiger partial charge is 0.258 e. The van der Waals surface area contributed by atoms with Gasteiger partial charge in [-0.15, -0.1) is 0 Å². The van der Waals surface area contributed by atoms with Gasteiger partial charge in [0.2, 0.25) is 0 Å². The van der Waals surface area contributed by atoms with E-state index in [-0.39, 0.29) is 5.91 Å². The summed E-state index contributed by atoms with van der Waals surface area (Å²) in [4.78, 5) is 15.3. The van der Waals surface area contributed by atoms with Crippen LogP contribution >= 0.6 is 11.6 Å². The number of aryl methyl sites for hydroxylation is 1. The molecular weight excluding hydrogens is 430 g/mol. The van der Waals surface area contributed by atoms with Gasteiger partial charge in [0.25, 0.3) is 5.91 Å². The van der Waals surface area contributed by atoms with Crippen LogP contribution in [-0.2, 0) is 11.3 Å². The van der Waals surface area contributed by atoms with Crippen molar-refractivity contribution in [2.24, 2.45) is 0 Å². The summed E-state index contributed by atoms with van der Waals surface area (Å²) in [5.74, 6) is 1.32. The summed E-state index contributed by atoms with van der Waals surface area (Å²) in [5.41, 5.74) is 5.68. The van der Waals surface area contributed by atoms with E-state index in [9.17, 15) is 4.79 Å². The number of hydrogen-bond donors (Lipinski definition) is 0. The monoisotopic (exact) mass is 451 g/mol. The number of benzene rings is 3. The zero-order chi connectivity index (χ0) is 22.8. The van der Waals surface area contributed by atoms with Gasteiger partial charge in [0.1, 0.15) is 11.5 Å². The lowest BCUT2D eigenvalue weighted by Gasteiger charge is -2.21. The fourth-order valence-corrected chi connectivity index (χ4v) is 4.02. The van der Waals surface area contributed by atoms with Crippen molar-refractivity contribution in [2.75, 3.05) is 0 Å². The van der Waals surface area contributed by atoms with Crippen LogP contribution in [0, 0.1) is 6.92 Å². The number of amides is 1. The lowest BCUT2D eigenvalue weighted by Crippen LogP contribution is -2.25. The van der Waals surface area contributed by atoms with Gasteiger partial charge in [-0.05, 0) is 66.6 Å². The molecule has 162 valence electrons. The maximum atomic E-state index is 13.4. The number of nitrogens with zero attached hydrogens (tertiary/aromatic N) is 1. The summed E-state index contributed by atoms with van der Waals surface area (Å²) >= 11 is 5.99. The van der Waals surface area contributed by atoms with Crippen LogP contribution in [0.1, 0.15) is 22.5 Å². The van der Waals surface area contributed by atoms with Gasteiger partial charge in [-0.25, -0.2) is 0 Å². The first kappa shape index (κ1) is 21.0. The van der Waals surface area contributed by atoms with Crippen LogP contribution < -0.4 is 0 Å². The highest BCUT2D eigenvalue weighted by atomic mass is 35.5. The number of halogens is 1. The first-order chi connectivity index (χ1) is 16.1. The predicted molar refractivity (Wildman–Crippen MR) is 133 cm³/mol. The molecule has 0 saturated carbocycles. The molecule has 5 rings (SSSR count). The lowest BCUT2D eigenvalue weighted by atomic mass is 10.1. The van der Waals surface area contributed by atoms with Crippen molar-refractivity contribution in [1.82, 2.24) is 4.90 Å². The number of furan rings is 1. The van der Waals surface area contributed by atoms with E-state index < -0.39 is 0 Å². The maximum Gasteiger partial charge on any atom is 0.258 e. The molecule has 3 nitrogen and oxygen atoms in total. The number of carbonyl (C=O) groups excluding carboxylic acids is 1. The Kier molecular flexibility index (Phi) is 5.72. The van der Waals surface area contributed by atoms with Gasteiger partial charge >= 0.3 is 0 Å². The fraction of sp³-hybridized carbons (Fsp3) is 0.0690. The summed E-state index contributed by atoms with van der Waals surface area (Å²) in [7, 11) is 0. The summed E-state index contributed by atoms with van der Waals surface area (Å²) in [6.45, 7) is 2.56. The number of carbonyl (C=O) groups is 1. The van der Waals surface area contributed by atoms with Crippen molar-refractivity contribution in [3.8, 4) is 11.3 Å². The molecule has 1 aliphatic heterocycles. The van der Waals surface area contributed by atoms with Crippen molar-refractivity contribution < 1.29 is 9.21 Å². The molecule has 1 aromatic heterocycles. The van der Waals surface area contributed by atoms with Crippen LogP contribution in [0.4, 0.5) is 0 Å². The molecule has 0 spiro atoms. The summed E-state index contributed by atoms with van der Waals surface area (Å²) < 4.78 is 6.01. The molecule has 33 heavy (non-hydrogen) atoms. The van der Waals surface area contributed by atoms with Crippen LogP contribution in [0.25, 0.3) is 23.1 Å². The van der Waals surface area contributed by atoms with Gasteiger partial charge in [-0.3, -0.25) is 4.79 Å². The van der Waals surface area contributed by atoms with E-state index in [1.54, 1.807) is 6.08 Å². The Morgan fingerprint density at radius 1 is 0.848 bits per heavy atom. The van der Waals surface area contributed by atoms with Gasteiger partial charge in [-0.1, -0.05) is 71.8 Å². The van der Waals surface area contributed by atoms with Crippen molar-refractivity contribution >= 4 is 29.3 Å². The molecule has 0 unspecified atom stereocenters. The lowest BCUT2D eigenvalue weighted by molar-refractivity contribution is -0.123. The van der Waals surface area contributed by atoms with Crippen molar-refractivity contribution in [3.05, 3.63) is 130 Å². The van der Waals surface area contributed by atoms with Crippen molar-refractivity contribution in [2.45, 2.75) is 13.5 Å². The van der Waals surface area contributed by atoms with Gasteiger partial charge in [0.05, 0.1) is 12.2 Å². The molecule has 0 saturated heterocycles. The zero-order valence-electron chi connectivity index (χ0n) is 18.2. The van der Waals surface area contributed by atoms with Gasteiger partial charge in [0, 0.05) is 16.2 Å². The molecule has 4 heteroatoms. The topological polar surface area (TPSA) is 33.5 Å². The standard InChI is InChI=1S/C29H22ClNO2/c1-20-7-9-22(10-8-20)27-18-24(29(32)31(27)19-21-5-3-2-4-6-21)17-26-15-16-28(33-26)23-11-13-25(30)14-12-23/h2-18H,19H2,1H3/b24-17-. The molecule has 2 heterocycles. The van der Waals surface area contributed by atoms with Crippen LogP contribution in [0.3, 0.4) is 0 Å². The minimum absolute atomic E-state index is 0.0427. The molecule has 0 radical (unpaired) electrons. The van der Waals surface area contributed by atoms with Gasteiger partial charge in [0.15, 0.2) is 0 Å². The van der Waals surface area contributed by atoms with E-state index >= 15 is 0 Å². The highest BCUT2D eigenvalue weighted by Gasteiger charge is 2.29. The summed E-state index contributed by atoms with van der Waals surface area (Å²) in [5, 5.41) is 0.677. The van der Waals surface area contributed by atoms with Crippen LogP contribution in [0.5, 0.6) is 0 Å². The average Bonchev–Trinajstić information content (AvgIpc) is 3.41. The van der Waals surface area contributed by atoms with Crippen molar-refractivity contribution in [1.29, 1.82) is 0 Å². The molecule has 0 N–H and O–H groups in total. The quantitative estimate of drug-likeness (QED) is 0.297. The SMILES string of the molecule is Cc1ccc(C2=C/C(=C/c3ccc(-c4ccc(Cl)cc4)o3)C(=O)N2Cc2ccccc2)cc1. The third-order valence-corrected chi connectivity index (χ3v) is 5.91. The Balaban J connectivity index is 1.49. The third kappa shape index (κ3) is 4.55. The highest BCUT2D eigenvalue weighted by Crippen LogP contribution is 2.33. The molecule has 0 atom stereocenters. The Bertz CT molecular complexity index is 1350. The zero-order valence-corrected chi connectivity index (χ0v) is 18.9. The Morgan fingerprint density at radius 3 is 2.27 bits per heavy atom. The highest BCUT2D eigenvalue weighted by molar-refractivity contribution is 6.30. The van der Waals surface area contributed by atoms with E-state index in [1.807, 2.05) is 77.7 Å². The average molecular weight is 452 g/mol. The summed E-state index contributed by atoms with van der Waals surface area (Å²) in [6.07, 6.45) is 3.75. The van der Waals surface area contributed by atoms with Crippen LogP contribution in [0.2, 0.25) is 5.02 Å². The minimum atomic E-state index is -0.0427. The molecule has 3 aromatic carbocycles. The van der Waals surface area contributed by atoms with E-state index in [1.165, 1.54) is 5.56 Å². The first-order valence-electron chi connectivity index (χ1n) is 10.8. The Morgan fingerprint density at radius 2 is 1.55 bits per heavy atom. The molecule has 0 fully saturated rings. The molecule has 4 aromatic rings. The normalized spacial score (nSPS) is 14.7. The number of rotatable bonds is 5. The minimum Gasteiger partial charge on any atom is -0.457 e. The second-order valence-corrected chi connectivity index (χ2v) is 8.52. The first-order valence-corrected chi connectivity index (χ1v) is 11.2. The predicted octanol–water partition coefficient (Wildman–Crippen LogP) is 7.38. The van der Waals surface area contributed by atoms with Gasteiger partial charge < -0.3 is 9.32 Å². The number of hydrogen-bond acceptors (Lipinski definition) is 2. The largest absolute Gasteiger partial charge is 0.457 e. The third-order valence-electron chi connectivity index (χ3n) is 5.66. The van der Waals surface area contributed by atoms with E-state index in [4.69, 9.17) is 16.0 Å². The summed E-state index contributed by atoms with van der Waals surface area (Å²) in [6, 6.07) is 29.5. The Labute approximate surface area is 198 Å².